The number of likely N-dealkylation sites (tertiary alicyclic amines) is 1. The van der Waals surface area contributed by atoms with Crippen molar-refractivity contribution in [3.05, 3.63) is 71.0 Å². The summed E-state index contributed by atoms with van der Waals surface area (Å²) in [5.74, 6) is -0.230. The summed E-state index contributed by atoms with van der Waals surface area (Å²) in [6.07, 6.45) is 3.66. The van der Waals surface area contributed by atoms with Gasteiger partial charge in [0.05, 0.1) is 0 Å². The van der Waals surface area contributed by atoms with Crippen LogP contribution in [0.15, 0.2) is 48.5 Å². The Bertz CT molecular complexity index is 676. The quantitative estimate of drug-likeness (QED) is 0.834. The van der Waals surface area contributed by atoms with Crippen molar-refractivity contribution in [3.63, 3.8) is 0 Å². The van der Waals surface area contributed by atoms with Gasteiger partial charge in [-0.2, -0.15) is 0 Å². The minimum Gasteiger partial charge on any atom is -0.352 e. The van der Waals surface area contributed by atoms with Gasteiger partial charge in [-0.1, -0.05) is 36.4 Å². The average Bonchev–Trinajstić information content (AvgIpc) is 3.14. The molecule has 1 fully saturated rings. The SMILES string of the molecule is O=C(CCc1ccc(F)cc1)NCc1ccc(CN2CCCC2)cc1. The van der Waals surface area contributed by atoms with Gasteiger partial charge in [0.2, 0.25) is 5.91 Å². The van der Waals surface area contributed by atoms with Crippen molar-refractivity contribution in [2.45, 2.75) is 38.8 Å². The van der Waals surface area contributed by atoms with Crippen LogP contribution in [-0.2, 0) is 24.3 Å². The van der Waals surface area contributed by atoms with Crippen LogP contribution in [0.2, 0.25) is 0 Å². The van der Waals surface area contributed by atoms with Gasteiger partial charge in [0.25, 0.3) is 0 Å². The Kier molecular flexibility index (Phi) is 6.18. The molecule has 4 heteroatoms. The third kappa shape index (κ3) is 5.68. The fourth-order valence-corrected chi connectivity index (χ4v) is 3.16. The van der Waals surface area contributed by atoms with Crippen LogP contribution in [0.3, 0.4) is 0 Å². The maximum atomic E-state index is 12.9. The van der Waals surface area contributed by atoms with Gasteiger partial charge in [0, 0.05) is 19.5 Å². The fourth-order valence-electron chi connectivity index (χ4n) is 3.16. The van der Waals surface area contributed by atoms with E-state index in [2.05, 4.69) is 34.5 Å². The number of nitrogens with one attached hydrogen (secondary N) is 1. The number of benzene rings is 2. The van der Waals surface area contributed by atoms with E-state index in [9.17, 15) is 9.18 Å². The number of nitrogens with zero attached hydrogens (tertiary/aromatic N) is 1. The summed E-state index contributed by atoms with van der Waals surface area (Å²) < 4.78 is 12.9. The van der Waals surface area contributed by atoms with E-state index < -0.39 is 0 Å². The molecule has 0 radical (unpaired) electrons. The van der Waals surface area contributed by atoms with Crippen molar-refractivity contribution in [1.82, 2.24) is 10.2 Å². The number of hydrogen-bond acceptors (Lipinski definition) is 2. The molecule has 2 aromatic rings. The smallest absolute Gasteiger partial charge is 0.220 e. The number of aryl methyl sites for hydroxylation is 1. The zero-order chi connectivity index (χ0) is 17.5. The molecule has 0 bridgehead atoms. The molecule has 1 heterocycles. The molecule has 0 aromatic heterocycles. The summed E-state index contributed by atoms with van der Waals surface area (Å²) in [5, 5.41) is 2.95. The highest BCUT2D eigenvalue weighted by atomic mass is 19.1. The van der Waals surface area contributed by atoms with Crippen LogP contribution in [0.1, 0.15) is 36.0 Å². The topological polar surface area (TPSA) is 32.3 Å². The van der Waals surface area contributed by atoms with Crippen LogP contribution in [0.25, 0.3) is 0 Å². The van der Waals surface area contributed by atoms with Crippen LogP contribution in [0.5, 0.6) is 0 Å². The molecule has 0 saturated carbocycles. The summed E-state index contributed by atoms with van der Waals surface area (Å²) in [4.78, 5) is 14.4. The Morgan fingerprint density at radius 2 is 1.52 bits per heavy atom. The molecule has 1 N–H and O–H groups in total. The molecule has 1 amide bonds. The molecule has 0 spiro atoms. The van der Waals surface area contributed by atoms with Gasteiger partial charge in [-0.25, -0.2) is 4.39 Å². The number of halogens is 1. The first kappa shape index (κ1) is 17.6. The number of carbonyl (C=O) groups excluding carboxylic acids is 1. The Balaban J connectivity index is 1.39. The van der Waals surface area contributed by atoms with E-state index in [1.54, 1.807) is 12.1 Å². The Morgan fingerprint density at radius 1 is 0.920 bits per heavy atom. The number of rotatable bonds is 7. The number of amides is 1. The highest BCUT2D eigenvalue weighted by Gasteiger charge is 2.11. The molecule has 3 rings (SSSR count). The van der Waals surface area contributed by atoms with E-state index in [1.165, 1.54) is 43.6 Å². The van der Waals surface area contributed by atoms with Gasteiger partial charge in [-0.15, -0.1) is 0 Å². The first-order chi connectivity index (χ1) is 12.2. The first-order valence-corrected chi connectivity index (χ1v) is 9.00. The monoisotopic (exact) mass is 340 g/mol. The maximum Gasteiger partial charge on any atom is 0.220 e. The van der Waals surface area contributed by atoms with E-state index in [0.717, 1.165) is 17.7 Å². The highest BCUT2D eigenvalue weighted by Crippen LogP contribution is 2.13. The van der Waals surface area contributed by atoms with Gasteiger partial charge in [-0.05, 0) is 61.2 Å². The number of hydrogen-bond donors (Lipinski definition) is 1. The molecule has 0 atom stereocenters. The standard InChI is InChI=1S/C21H25FN2O/c22-20-10-7-17(8-11-20)9-12-21(25)23-15-18-3-5-19(6-4-18)16-24-13-1-2-14-24/h3-8,10-11H,1-2,9,12-16H2,(H,23,25). The lowest BCUT2D eigenvalue weighted by Gasteiger charge is -2.14. The van der Waals surface area contributed by atoms with Crippen molar-refractivity contribution in [3.8, 4) is 0 Å². The molecule has 0 aliphatic carbocycles. The molecule has 25 heavy (non-hydrogen) atoms. The molecule has 1 saturated heterocycles. The van der Waals surface area contributed by atoms with E-state index in [0.29, 0.717) is 19.4 Å². The van der Waals surface area contributed by atoms with Crippen LogP contribution in [0.4, 0.5) is 4.39 Å². The van der Waals surface area contributed by atoms with Crippen molar-refractivity contribution in [2.24, 2.45) is 0 Å². The molecule has 0 unspecified atom stereocenters. The van der Waals surface area contributed by atoms with E-state index in [1.807, 2.05) is 0 Å². The second kappa shape index (κ2) is 8.77. The molecule has 2 aromatic carbocycles. The van der Waals surface area contributed by atoms with E-state index >= 15 is 0 Å². The largest absolute Gasteiger partial charge is 0.352 e. The lowest BCUT2D eigenvalue weighted by molar-refractivity contribution is -0.121. The Morgan fingerprint density at radius 3 is 2.20 bits per heavy atom. The molecule has 1 aliphatic heterocycles. The molecule has 132 valence electrons. The normalized spacial score (nSPS) is 14.6. The second-order valence-corrected chi connectivity index (χ2v) is 6.70. The summed E-state index contributed by atoms with van der Waals surface area (Å²) in [5.41, 5.74) is 3.41. The average molecular weight is 340 g/mol. The van der Waals surface area contributed by atoms with Crippen molar-refractivity contribution >= 4 is 5.91 Å². The van der Waals surface area contributed by atoms with Gasteiger partial charge >= 0.3 is 0 Å². The third-order valence-corrected chi connectivity index (χ3v) is 4.67. The van der Waals surface area contributed by atoms with E-state index in [4.69, 9.17) is 0 Å². The minimum absolute atomic E-state index is 0.0190. The van der Waals surface area contributed by atoms with Crippen LogP contribution in [0, 0.1) is 5.82 Å². The van der Waals surface area contributed by atoms with Crippen molar-refractivity contribution < 1.29 is 9.18 Å². The Hall–Kier alpha value is -2.20. The maximum absolute atomic E-state index is 12.9. The van der Waals surface area contributed by atoms with Crippen LogP contribution < -0.4 is 5.32 Å². The summed E-state index contributed by atoms with van der Waals surface area (Å²) in [6, 6.07) is 14.8. The molecule has 1 aliphatic rings. The lowest BCUT2D eigenvalue weighted by Crippen LogP contribution is -2.23. The lowest BCUT2D eigenvalue weighted by atomic mass is 10.1. The zero-order valence-electron chi connectivity index (χ0n) is 14.5. The van der Waals surface area contributed by atoms with Crippen molar-refractivity contribution in [2.75, 3.05) is 13.1 Å². The van der Waals surface area contributed by atoms with Crippen LogP contribution in [-0.4, -0.2) is 23.9 Å². The minimum atomic E-state index is -0.249. The van der Waals surface area contributed by atoms with E-state index in [-0.39, 0.29) is 11.7 Å². The van der Waals surface area contributed by atoms with Gasteiger partial charge in [-0.3, -0.25) is 9.69 Å². The van der Waals surface area contributed by atoms with Gasteiger partial charge in [0.1, 0.15) is 5.82 Å². The van der Waals surface area contributed by atoms with Crippen molar-refractivity contribution in [1.29, 1.82) is 0 Å². The summed E-state index contributed by atoms with van der Waals surface area (Å²) in [6.45, 7) is 3.97. The summed E-state index contributed by atoms with van der Waals surface area (Å²) in [7, 11) is 0. The predicted octanol–water partition coefficient (Wildman–Crippen LogP) is 3.67. The highest BCUT2D eigenvalue weighted by molar-refractivity contribution is 5.76. The predicted molar refractivity (Wildman–Crippen MR) is 97.5 cm³/mol. The second-order valence-electron chi connectivity index (χ2n) is 6.70. The third-order valence-electron chi connectivity index (χ3n) is 4.67. The molecular weight excluding hydrogens is 315 g/mol. The molecular formula is C21H25FN2O. The summed E-state index contributed by atoms with van der Waals surface area (Å²) >= 11 is 0. The van der Waals surface area contributed by atoms with Gasteiger partial charge in [0.15, 0.2) is 0 Å². The molecule has 3 nitrogen and oxygen atoms in total. The zero-order valence-corrected chi connectivity index (χ0v) is 14.5. The Labute approximate surface area is 148 Å². The first-order valence-electron chi connectivity index (χ1n) is 9.00. The van der Waals surface area contributed by atoms with Crippen LogP contribution >= 0.6 is 0 Å². The number of carbonyl (C=O) groups is 1. The van der Waals surface area contributed by atoms with Gasteiger partial charge < -0.3 is 5.32 Å². The fraction of sp³-hybridized carbons (Fsp3) is 0.381.